The lowest BCUT2D eigenvalue weighted by atomic mass is 10.2. The van der Waals surface area contributed by atoms with E-state index in [0.717, 1.165) is 0 Å². The minimum absolute atomic E-state index is 0.00579. The predicted molar refractivity (Wildman–Crippen MR) is 82.9 cm³/mol. The van der Waals surface area contributed by atoms with E-state index in [1.165, 1.54) is 29.2 Å². The Morgan fingerprint density at radius 1 is 1.33 bits per heavy atom. The summed E-state index contributed by atoms with van der Waals surface area (Å²) in [6.07, 6.45) is -1.03. The van der Waals surface area contributed by atoms with Gasteiger partial charge in [-0.2, -0.15) is 0 Å². The van der Waals surface area contributed by atoms with E-state index in [1.807, 2.05) is 0 Å². The van der Waals surface area contributed by atoms with Gasteiger partial charge in [-0.3, -0.25) is 14.5 Å². The zero-order valence-corrected chi connectivity index (χ0v) is 13.3. The smallest absolute Gasteiger partial charge is 0.414 e. The van der Waals surface area contributed by atoms with Crippen molar-refractivity contribution in [3.8, 4) is 0 Å². The molecule has 1 atom stereocenters. The van der Waals surface area contributed by atoms with Crippen LogP contribution in [0, 0.1) is 5.82 Å². The van der Waals surface area contributed by atoms with E-state index in [1.54, 1.807) is 6.92 Å². The maximum Gasteiger partial charge on any atom is 0.414 e. The molecule has 1 aromatic carbocycles. The van der Waals surface area contributed by atoms with Crippen molar-refractivity contribution in [2.75, 3.05) is 24.6 Å². The highest BCUT2D eigenvalue weighted by Gasteiger charge is 2.32. The molecule has 0 unspecified atom stereocenters. The number of esters is 1. The van der Waals surface area contributed by atoms with Crippen LogP contribution >= 0.6 is 0 Å². The molecule has 0 saturated carbocycles. The third-order valence-corrected chi connectivity index (χ3v) is 3.40. The van der Waals surface area contributed by atoms with Crippen molar-refractivity contribution in [2.45, 2.75) is 25.9 Å². The fraction of sp³-hybridized carbons (Fsp3) is 0.438. The Balaban J connectivity index is 1.76. The van der Waals surface area contributed by atoms with E-state index >= 15 is 0 Å². The Labute approximate surface area is 138 Å². The highest BCUT2D eigenvalue weighted by molar-refractivity contribution is 5.89. The predicted octanol–water partition coefficient (Wildman–Crippen LogP) is 1.61. The SMILES string of the molecule is CCOC(=O)CCC(=O)NC[C@H]1CN(c2ccc(F)cc2)C(=O)O1. The van der Waals surface area contributed by atoms with Crippen molar-refractivity contribution in [1.82, 2.24) is 5.32 Å². The maximum absolute atomic E-state index is 12.9. The molecule has 1 heterocycles. The number of carbonyl (C=O) groups excluding carboxylic acids is 3. The number of amides is 2. The summed E-state index contributed by atoms with van der Waals surface area (Å²) in [6, 6.07) is 5.48. The Morgan fingerprint density at radius 3 is 2.71 bits per heavy atom. The van der Waals surface area contributed by atoms with Crippen molar-refractivity contribution in [3.63, 3.8) is 0 Å². The first kappa shape index (κ1) is 17.7. The molecular formula is C16H19FN2O5. The second-order valence-electron chi connectivity index (χ2n) is 5.20. The monoisotopic (exact) mass is 338 g/mol. The van der Waals surface area contributed by atoms with Gasteiger partial charge in [0.1, 0.15) is 11.9 Å². The van der Waals surface area contributed by atoms with Crippen LogP contribution in [0.1, 0.15) is 19.8 Å². The third kappa shape index (κ3) is 4.94. The van der Waals surface area contributed by atoms with Gasteiger partial charge in [0.15, 0.2) is 0 Å². The summed E-state index contributed by atoms with van der Waals surface area (Å²) in [4.78, 5) is 36.0. The fourth-order valence-electron chi connectivity index (χ4n) is 2.22. The van der Waals surface area contributed by atoms with Crippen LogP contribution in [0.25, 0.3) is 0 Å². The third-order valence-electron chi connectivity index (χ3n) is 3.40. The Kier molecular flexibility index (Phi) is 6.11. The largest absolute Gasteiger partial charge is 0.466 e. The van der Waals surface area contributed by atoms with Gasteiger partial charge < -0.3 is 14.8 Å². The first-order valence-electron chi connectivity index (χ1n) is 7.65. The van der Waals surface area contributed by atoms with E-state index < -0.39 is 24.0 Å². The number of cyclic esters (lactones) is 1. The molecule has 2 rings (SSSR count). The number of nitrogens with zero attached hydrogens (tertiary/aromatic N) is 1. The summed E-state index contributed by atoms with van der Waals surface area (Å²) in [5.41, 5.74) is 0.525. The summed E-state index contributed by atoms with van der Waals surface area (Å²) in [5, 5.41) is 2.61. The van der Waals surface area contributed by atoms with Crippen molar-refractivity contribution >= 4 is 23.7 Å². The van der Waals surface area contributed by atoms with Crippen LogP contribution in [0.5, 0.6) is 0 Å². The van der Waals surface area contributed by atoms with Gasteiger partial charge in [0.05, 0.1) is 26.1 Å². The number of halogens is 1. The average Bonchev–Trinajstić information content (AvgIpc) is 2.93. The molecule has 24 heavy (non-hydrogen) atoms. The molecule has 0 spiro atoms. The number of rotatable bonds is 7. The van der Waals surface area contributed by atoms with Gasteiger partial charge in [0.25, 0.3) is 0 Å². The zero-order chi connectivity index (χ0) is 17.5. The molecule has 0 radical (unpaired) electrons. The summed E-state index contributed by atoms with van der Waals surface area (Å²) >= 11 is 0. The molecule has 8 heteroatoms. The number of anilines is 1. The topological polar surface area (TPSA) is 84.9 Å². The van der Waals surface area contributed by atoms with Gasteiger partial charge in [-0.15, -0.1) is 0 Å². The second kappa shape index (κ2) is 8.28. The molecule has 1 aromatic rings. The van der Waals surface area contributed by atoms with Crippen molar-refractivity contribution in [1.29, 1.82) is 0 Å². The van der Waals surface area contributed by atoms with E-state index in [4.69, 9.17) is 9.47 Å². The van der Waals surface area contributed by atoms with Gasteiger partial charge in [0, 0.05) is 12.1 Å². The Hall–Kier alpha value is -2.64. The normalized spacial score (nSPS) is 16.7. The molecule has 1 aliphatic rings. The van der Waals surface area contributed by atoms with Crippen molar-refractivity contribution in [3.05, 3.63) is 30.1 Å². The molecule has 0 aliphatic carbocycles. The molecule has 1 aliphatic heterocycles. The van der Waals surface area contributed by atoms with Crippen LogP contribution < -0.4 is 10.2 Å². The van der Waals surface area contributed by atoms with E-state index in [9.17, 15) is 18.8 Å². The lowest BCUT2D eigenvalue weighted by Gasteiger charge is -2.13. The Morgan fingerprint density at radius 2 is 2.04 bits per heavy atom. The molecular weight excluding hydrogens is 319 g/mol. The number of nitrogens with one attached hydrogen (secondary N) is 1. The van der Waals surface area contributed by atoms with E-state index in [-0.39, 0.29) is 38.4 Å². The van der Waals surface area contributed by atoms with Gasteiger partial charge in [-0.25, -0.2) is 9.18 Å². The number of benzene rings is 1. The van der Waals surface area contributed by atoms with E-state index in [0.29, 0.717) is 5.69 Å². The molecule has 130 valence electrons. The summed E-state index contributed by atoms with van der Waals surface area (Å²) in [6.45, 7) is 2.37. The molecule has 2 amide bonds. The highest BCUT2D eigenvalue weighted by Crippen LogP contribution is 2.21. The van der Waals surface area contributed by atoms with Crippen LogP contribution in [0.15, 0.2) is 24.3 Å². The van der Waals surface area contributed by atoms with E-state index in [2.05, 4.69) is 5.32 Å². The molecule has 1 N–H and O–H groups in total. The first-order chi connectivity index (χ1) is 11.5. The standard InChI is InChI=1S/C16H19FN2O5/c1-2-23-15(21)8-7-14(20)18-9-13-10-19(16(22)24-13)12-5-3-11(17)4-6-12/h3-6,13H,2,7-10H2,1H3,(H,18,20)/t13-/m0/s1. The average molecular weight is 338 g/mol. The molecule has 1 saturated heterocycles. The molecule has 1 fully saturated rings. The number of ether oxygens (including phenoxy) is 2. The van der Waals surface area contributed by atoms with Gasteiger partial charge in [0.2, 0.25) is 5.91 Å². The van der Waals surface area contributed by atoms with Gasteiger partial charge in [-0.1, -0.05) is 0 Å². The fourth-order valence-corrected chi connectivity index (χ4v) is 2.22. The minimum atomic E-state index is -0.549. The highest BCUT2D eigenvalue weighted by atomic mass is 19.1. The molecule has 0 aromatic heterocycles. The van der Waals surface area contributed by atoms with Crippen LogP contribution in [-0.4, -0.2) is 43.8 Å². The first-order valence-corrected chi connectivity index (χ1v) is 7.65. The summed E-state index contributed by atoms with van der Waals surface area (Å²) in [7, 11) is 0. The Bertz CT molecular complexity index is 605. The van der Waals surface area contributed by atoms with Crippen molar-refractivity contribution < 1.29 is 28.2 Å². The molecule has 7 nitrogen and oxygen atoms in total. The number of hydrogen-bond acceptors (Lipinski definition) is 5. The second-order valence-corrected chi connectivity index (χ2v) is 5.20. The van der Waals surface area contributed by atoms with Crippen LogP contribution in [-0.2, 0) is 19.1 Å². The van der Waals surface area contributed by atoms with Crippen LogP contribution in [0.4, 0.5) is 14.9 Å². The number of carbonyl (C=O) groups is 3. The van der Waals surface area contributed by atoms with Crippen LogP contribution in [0.3, 0.4) is 0 Å². The number of hydrogen-bond donors (Lipinski definition) is 1. The van der Waals surface area contributed by atoms with Crippen LogP contribution in [0.2, 0.25) is 0 Å². The maximum atomic E-state index is 12.9. The summed E-state index contributed by atoms with van der Waals surface area (Å²) < 4.78 is 22.8. The minimum Gasteiger partial charge on any atom is -0.466 e. The lowest BCUT2D eigenvalue weighted by molar-refractivity contribution is -0.144. The summed E-state index contributed by atoms with van der Waals surface area (Å²) in [5.74, 6) is -1.14. The molecule has 0 bridgehead atoms. The van der Waals surface area contributed by atoms with Gasteiger partial charge >= 0.3 is 12.1 Å². The van der Waals surface area contributed by atoms with Crippen molar-refractivity contribution in [2.24, 2.45) is 0 Å². The van der Waals surface area contributed by atoms with Gasteiger partial charge in [-0.05, 0) is 31.2 Å². The quantitative estimate of drug-likeness (QED) is 0.764. The zero-order valence-electron chi connectivity index (χ0n) is 13.3. The lowest BCUT2D eigenvalue weighted by Crippen LogP contribution is -2.34.